The minimum Gasteiger partial charge on any atom is -0.0837 e. The number of allylic oxidation sites excluding steroid dienone is 4. The Morgan fingerprint density at radius 2 is 0.950 bits per heavy atom. The number of halogens is 2. The van der Waals surface area contributed by atoms with Gasteiger partial charge in [0.1, 0.15) is 0 Å². The fraction of sp³-hybridized carbons (Fsp3) is 0. The van der Waals surface area contributed by atoms with Crippen molar-refractivity contribution in [2.75, 3.05) is 0 Å². The molecular weight excluding hydrogens is 287 g/mol. The third-order valence-corrected chi connectivity index (χ3v) is 3.38. The van der Waals surface area contributed by atoms with E-state index in [1.807, 2.05) is 85.0 Å². The molecule has 2 rings (SSSR count). The highest BCUT2D eigenvalue weighted by Gasteiger charge is 1.92. The smallest absolute Gasteiger partial charge is 0.0478 e. The lowest BCUT2D eigenvalue weighted by Crippen LogP contribution is -1.72. The van der Waals surface area contributed by atoms with Gasteiger partial charge in [0.15, 0.2) is 0 Å². The molecule has 0 aromatic heterocycles. The third kappa shape index (κ3) is 4.41. The van der Waals surface area contributed by atoms with Crippen molar-refractivity contribution in [1.29, 1.82) is 0 Å². The molecule has 0 saturated carbocycles. The maximum Gasteiger partial charge on any atom is 0.0478 e. The van der Waals surface area contributed by atoms with Crippen LogP contribution in [0, 0.1) is 0 Å². The molecule has 0 aliphatic heterocycles. The summed E-state index contributed by atoms with van der Waals surface area (Å²) in [6, 6.07) is 15.5. The molecule has 0 aliphatic carbocycles. The van der Waals surface area contributed by atoms with Crippen LogP contribution >= 0.6 is 23.2 Å². The highest BCUT2D eigenvalue weighted by Crippen LogP contribution is 2.17. The van der Waals surface area contributed by atoms with E-state index in [-0.39, 0.29) is 0 Å². The Kier molecular flexibility index (Phi) is 5.67. The Hall–Kier alpha value is -1.76. The van der Waals surface area contributed by atoms with Crippen LogP contribution in [0.15, 0.2) is 72.8 Å². The molecule has 0 fully saturated rings. The van der Waals surface area contributed by atoms with Gasteiger partial charge < -0.3 is 0 Å². The largest absolute Gasteiger partial charge is 0.0837 e. The molecular formula is C18H14Cl2. The summed E-state index contributed by atoms with van der Waals surface area (Å²) in [4.78, 5) is 0. The highest BCUT2D eigenvalue weighted by atomic mass is 35.5. The van der Waals surface area contributed by atoms with Crippen molar-refractivity contribution in [3.05, 3.63) is 94.0 Å². The van der Waals surface area contributed by atoms with E-state index in [9.17, 15) is 0 Å². The van der Waals surface area contributed by atoms with E-state index in [1.54, 1.807) is 0 Å². The van der Waals surface area contributed by atoms with Crippen molar-refractivity contribution in [3.8, 4) is 0 Å². The van der Waals surface area contributed by atoms with E-state index >= 15 is 0 Å². The third-order valence-electron chi connectivity index (χ3n) is 2.70. The summed E-state index contributed by atoms with van der Waals surface area (Å²) in [5.41, 5.74) is 2.02. The van der Waals surface area contributed by atoms with Crippen LogP contribution < -0.4 is 0 Å². The standard InChI is InChI=1S/C18H14Cl2/c19-17-13-7-5-11-15(17)9-3-1-2-4-10-16-12-6-8-14-18(16)20/h1-14H/b2-1+,9-3+,10-4+. The predicted molar refractivity (Wildman–Crippen MR) is 90.1 cm³/mol. The summed E-state index contributed by atoms with van der Waals surface area (Å²) >= 11 is 12.1. The number of hydrogen-bond donors (Lipinski definition) is 0. The summed E-state index contributed by atoms with van der Waals surface area (Å²) in [7, 11) is 0. The van der Waals surface area contributed by atoms with Gasteiger partial charge in [0, 0.05) is 10.0 Å². The summed E-state index contributed by atoms with van der Waals surface area (Å²) < 4.78 is 0. The van der Waals surface area contributed by atoms with Crippen LogP contribution in [0.2, 0.25) is 10.0 Å². The van der Waals surface area contributed by atoms with Crippen molar-refractivity contribution in [1.82, 2.24) is 0 Å². The minimum absolute atomic E-state index is 0.753. The minimum atomic E-state index is 0.753. The van der Waals surface area contributed by atoms with Crippen LogP contribution in [0.25, 0.3) is 12.2 Å². The quantitative estimate of drug-likeness (QED) is 0.583. The van der Waals surface area contributed by atoms with Gasteiger partial charge in [0.05, 0.1) is 0 Å². The first-order valence-corrected chi connectivity index (χ1v) is 7.03. The van der Waals surface area contributed by atoms with Gasteiger partial charge in [-0.05, 0) is 23.3 Å². The van der Waals surface area contributed by atoms with Crippen molar-refractivity contribution < 1.29 is 0 Å². The van der Waals surface area contributed by atoms with Gasteiger partial charge in [-0.2, -0.15) is 0 Å². The molecule has 0 bridgehead atoms. The first-order chi connectivity index (χ1) is 9.77. The van der Waals surface area contributed by atoms with Gasteiger partial charge >= 0.3 is 0 Å². The van der Waals surface area contributed by atoms with Gasteiger partial charge in [0.25, 0.3) is 0 Å². The molecule has 2 aromatic carbocycles. The molecule has 0 unspecified atom stereocenters. The molecule has 0 saturated heterocycles. The Labute approximate surface area is 129 Å². The van der Waals surface area contributed by atoms with Crippen molar-refractivity contribution in [3.63, 3.8) is 0 Å². The van der Waals surface area contributed by atoms with E-state index in [4.69, 9.17) is 23.2 Å². The van der Waals surface area contributed by atoms with Crippen molar-refractivity contribution in [2.45, 2.75) is 0 Å². The molecule has 0 radical (unpaired) electrons. The lowest BCUT2D eigenvalue weighted by molar-refractivity contribution is 1.65. The lowest BCUT2D eigenvalue weighted by Gasteiger charge is -1.95. The van der Waals surface area contributed by atoms with Crippen LogP contribution in [0.1, 0.15) is 11.1 Å². The van der Waals surface area contributed by atoms with Crippen LogP contribution in [0.3, 0.4) is 0 Å². The molecule has 0 amide bonds. The van der Waals surface area contributed by atoms with Crippen LogP contribution in [0.5, 0.6) is 0 Å². The Morgan fingerprint density at radius 1 is 0.550 bits per heavy atom. The summed E-state index contributed by atoms with van der Waals surface area (Å²) in [5.74, 6) is 0. The molecule has 2 aromatic rings. The summed E-state index contributed by atoms with van der Waals surface area (Å²) in [6.07, 6.45) is 11.8. The predicted octanol–water partition coefficient (Wildman–Crippen LogP) is 6.28. The Balaban J connectivity index is 1.95. The van der Waals surface area contributed by atoms with E-state index in [0.717, 1.165) is 21.2 Å². The van der Waals surface area contributed by atoms with Gasteiger partial charge in [-0.3, -0.25) is 0 Å². The SMILES string of the molecule is Clc1ccccc1/C=C/C=C/C=C/c1ccccc1Cl. The first-order valence-electron chi connectivity index (χ1n) is 6.28. The second-order valence-electron chi connectivity index (χ2n) is 4.15. The van der Waals surface area contributed by atoms with E-state index in [1.165, 1.54) is 0 Å². The molecule has 0 spiro atoms. The van der Waals surface area contributed by atoms with E-state index in [0.29, 0.717) is 0 Å². The molecule has 0 heterocycles. The monoisotopic (exact) mass is 300 g/mol. The number of hydrogen-bond acceptors (Lipinski definition) is 0. The maximum absolute atomic E-state index is 6.06. The average molecular weight is 301 g/mol. The number of benzene rings is 2. The van der Waals surface area contributed by atoms with Crippen LogP contribution in [-0.2, 0) is 0 Å². The van der Waals surface area contributed by atoms with Crippen LogP contribution in [0.4, 0.5) is 0 Å². The van der Waals surface area contributed by atoms with Crippen molar-refractivity contribution >= 4 is 35.4 Å². The topological polar surface area (TPSA) is 0 Å². The van der Waals surface area contributed by atoms with E-state index < -0.39 is 0 Å². The Bertz CT molecular complexity index is 594. The molecule has 2 heteroatoms. The van der Waals surface area contributed by atoms with E-state index in [2.05, 4.69) is 0 Å². The molecule has 0 atom stereocenters. The highest BCUT2D eigenvalue weighted by molar-refractivity contribution is 6.32. The maximum atomic E-state index is 6.06. The fourth-order valence-electron chi connectivity index (χ4n) is 1.67. The van der Waals surface area contributed by atoms with Gasteiger partial charge in [-0.15, -0.1) is 0 Å². The first kappa shape index (κ1) is 14.6. The molecule has 20 heavy (non-hydrogen) atoms. The Morgan fingerprint density at radius 3 is 1.35 bits per heavy atom. The zero-order valence-electron chi connectivity index (χ0n) is 10.8. The van der Waals surface area contributed by atoms with Crippen LogP contribution in [-0.4, -0.2) is 0 Å². The molecule has 0 nitrogen and oxygen atoms in total. The van der Waals surface area contributed by atoms with Gasteiger partial charge in [-0.25, -0.2) is 0 Å². The molecule has 100 valence electrons. The zero-order valence-corrected chi connectivity index (χ0v) is 12.4. The molecule has 0 N–H and O–H groups in total. The normalized spacial score (nSPS) is 11.9. The van der Waals surface area contributed by atoms with Gasteiger partial charge in [-0.1, -0.05) is 96.1 Å². The zero-order chi connectivity index (χ0) is 14.2. The molecule has 0 aliphatic rings. The van der Waals surface area contributed by atoms with Gasteiger partial charge in [0.2, 0.25) is 0 Å². The fourth-order valence-corrected chi connectivity index (χ4v) is 2.06. The summed E-state index contributed by atoms with van der Waals surface area (Å²) in [5, 5.41) is 1.51. The second kappa shape index (κ2) is 7.74. The second-order valence-corrected chi connectivity index (χ2v) is 4.96. The average Bonchev–Trinajstić information content (AvgIpc) is 2.46. The van der Waals surface area contributed by atoms with Crippen molar-refractivity contribution in [2.24, 2.45) is 0 Å². The number of rotatable bonds is 4. The summed E-state index contributed by atoms with van der Waals surface area (Å²) in [6.45, 7) is 0. The lowest BCUT2D eigenvalue weighted by atomic mass is 10.2.